The van der Waals surface area contributed by atoms with Gasteiger partial charge in [-0.25, -0.2) is 0 Å². The number of nitrogens with zero attached hydrogens (tertiary/aromatic N) is 1. The molecule has 5 heteroatoms. The highest BCUT2D eigenvalue weighted by Gasteiger charge is 2.29. The lowest BCUT2D eigenvalue weighted by Crippen LogP contribution is -2.36. The van der Waals surface area contributed by atoms with Crippen molar-refractivity contribution in [2.75, 3.05) is 14.1 Å². The topological polar surface area (TPSA) is 56.4 Å². The van der Waals surface area contributed by atoms with E-state index in [0.717, 1.165) is 17.8 Å². The molecule has 2 atom stereocenters. The second-order valence-corrected chi connectivity index (χ2v) is 5.48. The summed E-state index contributed by atoms with van der Waals surface area (Å²) in [7, 11) is 3.78. The average molecular weight is 288 g/mol. The first-order chi connectivity index (χ1) is 10.0. The number of allylic oxidation sites excluding steroid dienone is 1. The fraction of sp³-hybridized carbons (Fsp3) is 0.438. The summed E-state index contributed by atoms with van der Waals surface area (Å²) in [5, 5.41) is 9.03. The third-order valence-corrected chi connectivity index (χ3v) is 3.75. The standard InChI is InChI=1S/C16H24N4O/c1-11-9-13(7-8-18-11)14-5-6-15(20(14)4)16(21)19-12(2)10-17-3/h6-11,14,17-18H,5H2,1-4H3,(H,19,21)/b12-10+. The van der Waals surface area contributed by atoms with Gasteiger partial charge in [-0.3, -0.25) is 4.79 Å². The molecule has 2 unspecified atom stereocenters. The van der Waals surface area contributed by atoms with Gasteiger partial charge in [-0.15, -0.1) is 0 Å². The van der Waals surface area contributed by atoms with Crippen molar-refractivity contribution >= 4 is 5.91 Å². The Balaban J connectivity index is 2.04. The molecular weight excluding hydrogens is 264 g/mol. The van der Waals surface area contributed by atoms with Crippen LogP contribution in [0.15, 0.2) is 47.6 Å². The molecule has 5 nitrogen and oxygen atoms in total. The van der Waals surface area contributed by atoms with Gasteiger partial charge in [-0.2, -0.15) is 0 Å². The molecule has 0 saturated carbocycles. The molecule has 114 valence electrons. The van der Waals surface area contributed by atoms with E-state index in [1.807, 2.05) is 33.3 Å². The highest BCUT2D eigenvalue weighted by atomic mass is 16.2. The van der Waals surface area contributed by atoms with Crippen molar-refractivity contribution < 1.29 is 4.79 Å². The Morgan fingerprint density at radius 1 is 1.52 bits per heavy atom. The summed E-state index contributed by atoms with van der Waals surface area (Å²) < 4.78 is 0. The van der Waals surface area contributed by atoms with Gasteiger partial charge in [0.15, 0.2) is 0 Å². The van der Waals surface area contributed by atoms with E-state index in [1.54, 1.807) is 6.20 Å². The summed E-state index contributed by atoms with van der Waals surface area (Å²) >= 11 is 0. The van der Waals surface area contributed by atoms with Gasteiger partial charge >= 0.3 is 0 Å². The van der Waals surface area contributed by atoms with Gasteiger partial charge in [-0.05, 0) is 38.1 Å². The molecule has 0 aromatic heterocycles. The molecule has 0 spiro atoms. The Kier molecular flexibility index (Phi) is 4.73. The van der Waals surface area contributed by atoms with Crippen LogP contribution in [0.5, 0.6) is 0 Å². The molecule has 21 heavy (non-hydrogen) atoms. The van der Waals surface area contributed by atoms with Gasteiger partial charge in [-0.1, -0.05) is 12.2 Å². The van der Waals surface area contributed by atoms with Gasteiger partial charge in [0.05, 0.1) is 11.7 Å². The van der Waals surface area contributed by atoms with Crippen LogP contribution in [0.4, 0.5) is 0 Å². The second-order valence-electron chi connectivity index (χ2n) is 5.48. The predicted octanol–water partition coefficient (Wildman–Crippen LogP) is 1.20. The number of carbonyl (C=O) groups is 1. The molecule has 2 heterocycles. The van der Waals surface area contributed by atoms with E-state index in [-0.39, 0.29) is 11.9 Å². The molecule has 0 radical (unpaired) electrons. The highest BCUT2D eigenvalue weighted by molar-refractivity contribution is 5.94. The van der Waals surface area contributed by atoms with Crippen LogP contribution in [0, 0.1) is 0 Å². The number of hydrogen-bond acceptors (Lipinski definition) is 4. The van der Waals surface area contributed by atoms with Crippen LogP contribution >= 0.6 is 0 Å². The van der Waals surface area contributed by atoms with Crippen LogP contribution < -0.4 is 16.0 Å². The van der Waals surface area contributed by atoms with Crippen LogP contribution in [0.25, 0.3) is 0 Å². The lowest BCUT2D eigenvalue weighted by atomic mass is 10.0. The van der Waals surface area contributed by atoms with E-state index >= 15 is 0 Å². The molecule has 0 bridgehead atoms. The minimum Gasteiger partial charge on any atom is -0.393 e. The smallest absolute Gasteiger partial charge is 0.271 e. The lowest BCUT2D eigenvalue weighted by molar-refractivity contribution is -0.118. The fourth-order valence-corrected chi connectivity index (χ4v) is 2.71. The van der Waals surface area contributed by atoms with Crippen molar-refractivity contribution in [2.24, 2.45) is 0 Å². The third kappa shape index (κ3) is 3.48. The summed E-state index contributed by atoms with van der Waals surface area (Å²) in [5.41, 5.74) is 2.78. The summed E-state index contributed by atoms with van der Waals surface area (Å²) in [6.45, 7) is 3.98. The molecule has 2 aliphatic rings. The first-order valence-electron chi connectivity index (χ1n) is 7.25. The van der Waals surface area contributed by atoms with Gasteiger partial charge < -0.3 is 20.9 Å². The fourth-order valence-electron chi connectivity index (χ4n) is 2.71. The zero-order valence-corrected chi connectivity index (χ0v) is 13.1. The number of nitrogens with one attached hydrogen (secondary N) is 3. The van der Waals surface area contributed by atoms with Crippen molar-refractivity contribution in [2.45, 2.75) is 32.4 Å². The molecule has 0 aliphatic carbocycles. The Morgan fingerprint density at radius 3 is 2.95 bits per heavy atom. The van der Waals surface area contributed by atoms with E-state index in [0.29, 0.717) is 6.04 Å². The second kappa shape index (κ2) is 6.52. The Labute approximate surface area is 126 Å². The maximum absolute atomic E-state index is 12.3. The first-order valence-corrected chi connectivity index (χ1v) is 7.25. The van der Waals surface area contributed by atoms with Crippen molar-refractivity contribution in [1.29, 1.82) is 0 Å². The van der Waals surface area contributed by atoms with Crippen LogP contribution in [0.3, 0.4) is 0 Å². The van der Waals surface area contributed by atoms with E-state index in [1.165, 1.54) is 5.57 Å². The summed E-state index contributed by atoms with van der Waals surface area (Å²) in [5.74, 6) is -0.0597. The van der Waals surface area contributed by atoms with Crippen LogP contribution in [-0.4, -0.2) is 37.0 Å². The van der Waals surface area contributed by atoms with Crippen LogP contribution in [-0.2, 0) is 4.79 Å². The summed E-state index contributed by atoms with van der Waals surface area (Å²) in [4.78, 5) is 14.3. The monoisotopic (exact) mass is 288 g/mol. The average Bonchev–Trinajstić information content (AvgIpc) is 2.81. The predicted molar refractivity (Wildman–Crippen MR) is 85.0 cm³/mol. The largest absolute Gasteiger partial charge is 0.393 e. The van der Waals surface area contributed by atoms with Gasteiger partial charge in [0.1, 0.15) is 0 Å². The van der Waals surface area contributed by atoms with Crippen molar-refractivity contribution in [1.82, 2.24) is 20.9 Å². The number of rotatable bonds is 4. The summed E-state index contributed by atoms with van der Waals surface area (Å²) in [6.07, 6.45) is 10.9. The maximum atomic E-state index is 12.3. The Morgan fingerprint density at radius 2 is 2.29 bits per heavy atom. The minimum absolute atomic E-state index is 0.0597. The normalized spacial score (nSPS) is 25.1. The molecule has 0 fully saturated rings. The SMILES string of the molecule is CN/C=C(\C)NC(=O)C1=CCC(C2=CC(C)NC=C2)N1C. The molecule has 1 amide bonds. The minimum atomic E-state index is -0.0597. The van der Waals surface area contributed by atoms with Gasteiger partial charge in [0.2, 0.25) is 0 Å². The maximum Gasteiger partial charge on any atom is 0.271 e. The molecular formula is C16H24N4O. The van der Waals surface area contributed by atoms with Gasteiger partial charge in [0, 0.05) is 32.0 Å². The number of amides is 1. The van der Waals surface area contributed by atoms with Crippen molar-refractivity contribution in [3.8, 4) is 0 Å². The van der Waals surface area contributed by atoms with Crippen molar-refractivity contribution in [3.63, 3.8) is 0 Å². The molecule has 2 aliphatic heterocycles. The van der Waals surface area contributed by atoms with E-state index in [4.69, 9.17) is 0 Å². The lowest BCUT2D eigenvalue weighted by Gasteiger charge is -2.28. The van der Waals surface area contributed by atoms with Crippen LogP contribution in [0.1, 0.15) is 20.3 Å². The zero-order chi connectivity index (χ0) is 15.4. The van der Waals surface area contributed by atoms with E-state index < -0.39 is 0 Å². The molecule has 0 aromatic rings. The Hall–Kier alpha value is -2.17. The molecule has 0 saturated heterocycles. The number of hydrogen-bond donors (Lipinski definition) is 3. The van der Waals surface area contributed by atoms with E-state index in [9.17, 15) is 4.79 Å². The summed E-state index contributed by atoms with van der Waals surface area (Å²) in [6, 6.07) is 0.567. The molecule has 2 rings (SSSR count). The number of carbonyl (C=O) groups excluding carboxylic acids is 1. The third-order valence-electron chi connectivity index (χ3n) is 3.75. The van der Waals surface area contributed by atoms with E-state index in [2.05, 4.69) is 39.9 Å². The molecule has 0 aromatic carbocycles. The Bertz CT molecular complexity index is 530. The first kappa shape index (κ1) is 15.2. The quantitative estimate of drug-likeness (QED) is 0.728. The highest BCUT2D eigenvalue weighted by Crippen LogP contribution is 2.27. The van der Waals surface area contributed by atoms with Crippen molar-refractivity contribution in [3.05, 3.63) is 47.6 Å². The molecule has 3 N–H and O–H groups in total. The number of likely N-dealkylation sites (N-methyl/N-ethyl adjacent to an activating group) is 1. The van der Waals surface area contributed by atoms with Gasteiger partial charge in [0.25, 0.3) is 5.91 Å². The number of dihydropyridines is 1. The zero-order valence-electron chi connectivity index (χ0n) is 13.1. The van der Waals surface area contributed by atoms with Crippen LogP contribution in [0.2, 0.25) is 0 Å².